The molecule has 0 heterocycles. The second-order valence-corrected chi connectivity index (χ2v) is 5.79. The summed E-state index contributed by atoms with van der Waals surface area (Å²) in [4.78, 5) is 0. The topological polar surface area (TPSA) is 21.3 Å². The van der Waals surface area contributed by atoms with Gasteiger partial charge in [-0.1, -0.05) is 48.0 Å². The molecule has 24 heavy (non-hydrogen) atoms. The molecule has 0 aliphatic heterocycles. The van der Waals surface area contributed by atoms with Crippen molar-refractivity contribution in [2.45, 2.75) is 13.2 Å². The molecular weight excluding hydrogens is 325 g/mol. The van der Waals surface area contributed by atoms with Gasteiger partial charge in [0.25, 0.3) is 0 Å². The van der Waals surface area contributed by atoms with Gasteiger partial charge in [0.05, 0.1) is 0 Å². The van der Waals surface area contributed by atoms with Crippen LogP contribution in [0.4, 0.5) is 10.1 Å². The van der Waals surface area contributed by atoms with Crippen LogP contribution in [0.5, 0.6) is 5.75 Å². The summed E-state index contributed by atoms with van der Waals surface area (Å²) < 4.78 is 19.5. The van der Waals surface area contributed by atoms with E-state index in [0.717, 1.165) is 11.3 Å². The van der Waals surface area contributed by atoms with Crippen molar-refractivity contribution < 1.29 is 9.13 Å². The monoisotopic (exact) mass is 341 g/mol. The first-order valence-corrected chi connectivity index (χ1v) is 8.04. The fraction of sp³-hybridized carbons (Fsp3) is 0.100. The molecule has 0 fully saturated rings. The average molecular weight is 342 g/mol. The second-order valence-electron chi connectivity index (χ2n) is 5.35. The third kappa shape index (κ3) is 4.27. The van der Waals surface area contributed by atoms with E-state index in [4.69, 9.17) is 16.3 Å². The van der Waals surface area contributed by atoms with Gasteiger partial charge in [-0.15, -0.1) is 0 Å². The van der Waals surface area contributed by atoms with E-state index in [-0.39, 0.29) is 12.4 Å². The maximum Gasteiger partial charge on any atom is 0.129 e. The number of ether oxygens (including phenoxy) is 1. The molecule has 0 saturated heterocycles. The van der Waals surface area contributed by atoms with Gasteiger partial charge in [-0.25, -0.2) is 4.39 Å². The van der Waals surface area contributed by atoms with Crippen LogP contribution in [0.15, 0.2) is 72.8 Å². The molecule has 0 spiro atoms. The Labute approximate surface area is 145 Å². The van der Waals surface area contributed by atoms with Gasteiger partial charge in [0.1, 0.15) is 18.2 Å². The Kier molecular flexibility index (Phi) is 5.34. The van der Waals surface area contributed by atoms with Crippen molar-refractivity contribution in [3.63, 3.8) is 0 Å². The van der Waals surface area contributed by atoms with Gasteiger partial charge in [0.15, 0.2) is 0 Å². The Bertz CT molecular complexity index is 808. The number of rotatable bonds is 6. The maximum atomic E-state index is 13.7. The summed E-state index contributed by atoms with van der Waals surface area (Å²) in [5.41, 5.74) is 2.45. The molecule has 0 bridgehead atoms. The Hall–Kier alpha value is -2.52. The SMILES string of the molecule is Fc1ccccc1COc1ccc(Cl)cc1CNc1ccccc1. The molecule has 0 radical (unpaired) electrons. The zero-order valence-electron chi connectivity index (χ0n) is 13.0. The Balaban J connectivity index is 1.72. The highest BCUT2D eigenvalue weighted by Gasteiger charge is 2.07. The van der Waals surface area contributed by atoms with E-state index in [1.54, 1.807) is 24.3 Å². The normalized spacial score (nSPS) is 10.4. The van der Waals surface area contributed by atoms with Crippen LogP contribution in [-0.2, 0) is 13.2 Å². The minimum absolute atomic E-state index is 0.173. The molecule has 2 nitrogen and oxygen atoms in total. The van der Waals surface area contributed by atoms with Crippen molar-refractivity contribution in [2.75, 3.05) is 5.32 Å². The number of hydrogen-bond acceptors (Lipinski definition) is 2. The summed E-state index contributed by atoms with van der Waals surface area (Å²) in [7, 11) is 0. The van der Waals surface area contributed by atoms with E-state index >= 15 is 0 Å². The van der Waals surface area contributed by atoms with E-state index in [2.05, 4.69) is 5.32 Å². The minimum Gasteiger partial charge on any atom is -0.488 e. The molecule has 0 aliphatic carbocycles. The number of halogens is 2. The van der Waals surface area contributed by atoms with Crippen molar-refractivity contribution in [1.29, 1.82) is 0 Å². The minimum atomic E-state index is -0.268. The molecule has 1 N–H and O–H groups in total. The number of benzene rings is 3. The number of nitrogens with one attached hydrogen (secondary N) is 1. The first-order valence-electron chi connectivity index (χ1n) is 7.66. The fourth-order valence-corrected chi connectivity index (χ4v) is 2.55. The Morgan fingerprint density at radius 2 is 1.62 bits per heavy atom. The van der Waals surface area contributed by atoms with Crippen LogP contribution in [-0.4, -0.2) is 0 Å². The van der Waals surface area contributed by atoms with Crippen LogP contribution in [0.25, 0.3) is 0 Å². The highest BCUT2D eigenvalue weighted by molar-refractivity contribution is 6.30. The molecule has 0 amide bonds. The van der Waals surface area contributed by atoms with Gasteiger partial charge in [-0.05, 0) is 36.4 Å². The van der Waals surface area contributed by atoms with E-state index in [0.29, 0.717) is 22.9 Å². The molecular formula is C20H17ClFNO. The third-order valence-corrected chi connectivity index (χ3v) is 3.86. The van der Waals surface area contributed by atoms with E-state index in [1.807, 2.05) is 42.5 Å². The zero-order valence-corrected chi connectivity index (χ0v) is 13.8. The molecule has 4 heteroatoms. The lowest BCUT2D eigenvalue weighted by molar-refractivity contribution is 0.297. The van der Waals surface area contributed by atoms with Crippen molar-refractivity contribution in [2.24, 2.45) is 0 Å². The standard InChI is InChI=1S/C20H17ClFNO/c21-17-10-11-20(24-14-15-6-4-5-9-19(15)22)16(12-17)13-23-18-7-2-1-3-8-18/h1-12,23H,13-14H2. The molecule has 0 aromatic heterocycles. The van der Waals surface area contributed by atoms with E-state index < -0.39 is 0 Å². The summed E-state index contributed by atoms with van der Waals surface area (Å²) in [6.45, 7) is 0.740. The van der Waals surface area contributed by atoms with Crippen molar-refractivity contribution >= 4 is 17.3 Å². The highest BCUT2D eigenvalue weighted by Crippen LogP contribution is 2.25. The van der Waals surface area contributed by atoms with Gasteiger partial charge in [-0.2, -0.15) is 0 Å². The largest absolute Gasteiger partial charge is 0.488 e. The summed E-state index contributed by atoms with van der Waals surface area (Å²) in [6, 6.07) is 21.9. The zero-order chi connectivity index (χ0) is 16.8. The van der Waals surface area contributed by atoms with Crippen LogP contribution >= 0.6 is 11.6 Å². The van der Waals surface area contributed by atoms with Gasteiger partial charge in [0, 0.05) is 28.4 Å². The van der Waals surface area contributed by atoms with Crippen LogP contribution in [0.1, 0.15) is 11.1 Å². The Morgan fingerprint density at radius 3 is 2.42 bits per heavy atom. The average Bonchev–Trinajstić information content (AvgIpc) is 2.61. The van der Waals surface area contributed by atoms with Gasteiger partial charge >= 0.3 is 0 Å². The quantitative estimate of drug-likeness (QED) is 0.623. The highest BCUT2D eigenvalue weighted by atomic mass is 35.5. The summed E-state index contributed by atoms with van der Waals surface area (Å²) in [6.07, 6.45) is 0. The van der Waals surface area contributed by atoms with Gasteiger partial charge < -0.3 is 10.1 Å². The first kappa shape index (κ1) is 16.3. The number of anilines is 1. The summed E-state index contributed by atoms with van der Waals surface area (Å²) in [5.74, 6) is 0.418. The van der Waals surface area contributed by atoms with Gasteiger partial charge in [-0.3, -0.25) is 0 Å². The predicted molar refractivity (Wildman–Crippen MR) is 96.0 cm³/mol. The molecule has 3 rings (SSSR count). The summed E-state index contributed by atoms with van der Waals surface area (Å²) >= 11 is 6.10. The van der Waals surface area contributed by atoms with E-state index in [9.17, 15) is 4.39 Å². The van der Waals surface area contributed by atoms with Crippen molar-refractivity contribution in [3.8, 4) is 5.75 Å². The maximum absolute atomic E-state index is 13.7. The number of hydrogen-bond donors (Lipinski definition) is 1. The van der Waals surface area contributed by atoms with E-state index in [1.165, 1.54) is 6.07 Å². The second kappa shape index (κ2) is 7.84. The third-order valence-electron chi connectivity index (χ3n) is 3.62. The molecule has 0 aliphatic rings. The van der Waals surface area contributed by atoms with Crippen LogP contribution in [0.2, 0.25) is 5.02 Å². The molecule has 0 saturated carbocycles. The summed E-state index contributed by atoms with van der Waals surface area (Å²) in [5, 5.41) is 3.96. The molecule has 0 unspecified atom stereocenters. The smallest absolute Gasteiger partial charge is 0.129 e. The van der Waals surface area contributed by atoms with Crippen LogP contribution in [0.3, 0.4) is 0 Å². The molecule has 3 aromatic carbocycles. The lowest BCUT2D eigenvalue weighted by Crippen LogP contribution is -2.04. The van der Waals surface area contributed by atoms with Gasteiger partial charge in [0.2, 0.25) is 0 Å². The van der Waals surface area contributed by atoms with Crippen LogP contribution in [0, 0.1) is 5.82 Å². The molecule has 3 aromatic rings. The molecule has 122 valence electrons. The van der Waals surface area contributed by atoms with Crippen molar-refractivity contribution in [1.82, 2.24) is 0 Å². The van der Waals surface area contributed by atoms with Crippen molar-refractivity contribution in [3.05, 3.63) is 94.8 Å². The predicted octanol–water partition coefficient (Wildman–Crippen LogP) is 5.67. The number of para-hydroxylation sites is 1. The molecule has 0 atom stereocenters. The Morgan fingerprint density at radius 1 is 0.875 bits per heavy atom. The lowest BCUT2D eigenvalue weighted by Gasteiger charge is -2.14. The first-order chi connectivity index (χ1) is 11.7. The fourth-order valence-electron chi connectivity index (χ4n) is 2.35. The van der Waals surface area contributed by atoms with Crippen LogP contribution < -0.4 is 10.1 Å². The lowest BCUT2D eigenvalue weighted by atomic mass is 10.2.